The smallest absolute Gasteiger partial charge is 0.269 e. The van der Waals surface area contributed by atoms with Gasteiger partial charge in [0.1, 0.15) is 0 Å². The zero-order valence-electron chi connectivity index (χ0n) is 10.2. The first-order chi connectivity index (χ1) is 7.78. The molecule has 17 heavy (non-hydrogen) atoms. The molecule has 0 aliphatic rings. The molecule has 1 aromatic rings. The lowest BCUT2D eigenvalue weighted by molar-refractivity contribution is -0.384. The fourth-order valence-electron chi connectivity index (χ4n) is 1.38. The Kier molecular flexibility index (Phi) is 3.83. The van der Waals surface area contributed by atoms with Gasteiger partial charge in [0.15, 0.2) is 0 Å². The van der Waals surface area contributed by atoms with Crippen molar-refractivity contribution in [2.24, 2.45) is 0 Å². The molecule has 0 bridgehead atoms. The summed E-state index contributed by atoms with van der Waals surface area (Å²) in [5, 5.41) is 13.3. The van der Waals surface area contributed by atoms with E-state index in [1.165, 1.54) is 12.1 Å². The fraction of sp³-hybridized carbons (Fsp3) is 0.417. The van der Waals surface area contributed by atoms with Crippen molar-refractivity contribution in [1.82, 2.24) is 5.32 Å². The molecule has 0 spiro atoms. The van der Waals surface area contributed by atoms with Gasteiger partial charge in [-0.05, 0) is 26.3 Å². The van der Waals surface area contributed by atoms with Gasteiger partial charge in [-0.15, -0.1) is 0 Å². The monoisotopic (exact) mass is 236 g/mol. The number of carbonyl (C=O) groups excluding carboxylic acids is 1. The molecule has 0 atom stereocenters. The van der Waals surface area contributed by atoms with E-state index < -0.39 is 4.92 Å². The fourth-order valence-corrected chi connectivity index (χ4v) is 1.38. The maximum absolute atomic E-state index is 11.6. The van der Waals surface area contributed by atoms with Gasteiger partial charge in [0.05, 0.1) is 11.3 Å². The van der Waals surface area contributed by atoms with Gasteiger partial charge in [-0.1, -0.05) is 12.1 Å². The standard InChI is InChI=1S/C12H16N2O3/c1-12(2,3)13-11(15)8-9-4-6-10(7-5-9)14(16)17/h4-7H,8H2,1-3H3,(H,13,15). The summed E-state index contributed by atoms with van der Waals surface area (Å²) in [5.41, 5.74) is 0.528. The number of rotatable bonds is 3. The number of hydrogen-bond donors (Lipinski definition) is 1. The van der Waals surface area contributed by atoms with Crippen LogP contribution in [0.3, 0.4) is 0 Å². The highest BCUT2D eigenvalue weighted by Crippen LogP contribution is 2.12. The highest BCUT2D eigenvalue weighted by atomic mass is 16.6. The summed E-state index contributed by atoms with van der Waals surface area (Å²) in [4.78, 5) is 21.6. The van der Waals surface area contributed by atoms with Crippen LogP contribution >= 0.6 is 0 Å². The van der Waals surface area contributed by atoms with Gasteiger partial charge in [-0.25, -0.2) is 0 Å². The third-order valence-corrected chi connectivity index (χ3v) is 2.03. The third kappa shape index (κ3) is 4.63. The minimum absolute atomic E-state index is 0.0324. The summed E-state index contributed by atoms with van der Waals surface area (Å²) in [6, 6.07) is 6.00. The highest BCUT2D eigenvalue weighted by molar-refractivity contribution is 5.79. The van der Waals surface area contributed by atoms with Crippen LogP contribution < -0.4 is 5.32 Å². The molecule has 0 heterocycles. The van der Waals surface area contributed by atoms with Crippen LogP contribution in [0.25, 0.3) is 0 Å². The first-order valence-electron chi connectivity index (χ1n) is 5.32. The van der Waals surface area contributed by atoms with Crippen LogP contribution in [0.1, 0.15) is 26.3 Å². The maximum Gasteiger partial charge on any atom is 0.269 e. The number of nitrogens with one attached hydrogen (secondary N) is 1. The summed E-state index contributed by atoms with van der Waals surface area (Å²) >= 11 is 0. The topological polar surface area (TPSA) is 72.2 Å². The summed E-state index contributed by atoms with van der Waals surface area (Å²) in [6.07, 6.45) is 0.231. The number of hydrogen-bond acceptors (Lipinski definition) is 3. The number of amides is 1. The lowest BCUT2D eigenvalue weighted by Gasteiger charge is -2.20. The predicted octanol–water partition coefficient (Wildman–Crippen LogP) is 2.05. The Hall–Kier alpha value is -1.91. The van der Waals surface area contributed by atoms with E-state index in [0.717, 1.165) is 5.56 Å². The Morgan fingerprint density at radius 2 is 1.82 bits per heavy atom. The van der Waals surface area contributed by atoms with E-state index in [-0.39, 0.29) is 23.6 Å². The molecule has 1 aromatic carbocycles. The molecular formula is C12H16N2O3. The quantitative estimate of drug-likeness (QED) is 0.644. The zero-order valence-corrected chi connectivity index (χ0v) is 10.2. The molecule has 0 saturated carbocycles. The average Bonchev–Trinajstić information content (AvgIpc) is 2.15. The molecular weight excluding hydrogens is 220 g/mol. The van der Waals surface area contributed by atoms with E-state index in [2.05, 4.69) is 5.32 Å². The minimum Gasteiger partial charge on any atom is -0.351 e. The Bertz CT molecular complexity index is 418. The molecule has 0 radical (unpaired) electrons. The van der Waals surface area contributed by atoms with Gasteiger partial charge >= 0.3 is 0 Å². The van der Waals surface area contributed by atoms with Gasteiger partial charge in [0, 0.05) is 17.7 Å². The Morgan fingerprint density at radius 1 is 1.29 bits per heavy atom. The summed E-state index contributed by atoms with van der Waals surface area (Å²) in [7, 11) is 0. The van der Waals surface area contributed by atoms with Crippen molar-refractivity contribution in [2.75, 3.05) is 0 Å². The summed E-state index contributed by atoms with van der Waals surface area (Å²) in [5.74, 6) is -0.0913. The molecule has 0 aliphatic heterocycles. The first kappa shape index (κ1) is 13.2. The SMILES string of the molecule is CC(C)(C)NC(=O)Cc1ccc([N+](=O)[O-])cc1. The normalized spacial score (nSPS) is 11.0. The molecule has 5 heteroatoms. The zero-order chi connectivity index (χ0) is 13.1. The summed E-state index contributed by atoms with van der Waals surface area (Å²) < 4.78 is 0. The number of non-ortho nitro benzene ring substituents is 1. The second kappa shape index (κ2) is 4.95. The van der Waals surface area contributed by atoms with E-state index in [9.17, 15) is 14.9 Å². The molecule has 92 valence electrons. The predicted molar refractivity (Wildman–Crippen MR) is 64.7 cm³/mol. The van der Waals surface area contributed by atoms with Crippen molar-refractivity contribution < 1.29 is 9.72 Å². The van der Waals surface area contributed by atoms with E-state index in [0.29, 0.717) is 0 Å². The average molecular weight is 236 g/mol. The van der Waals surface area contributed by atoms with Gasteiger partial charge in [0.25, 0.3) is 5.69 Å². The molecule has 1 N–H and O–H groups in total. The molecule has 0 unspecified atom stereocenters. The lowest BCUT2D eigenvalue weighted by atomic mass is 10.1. The molecule has 1 amide bonds. The summed E-state index contributed by atoms with van der Waals surface area (Å²) in [6.45, 7) is 5.71. The van der Waals surface area contributed by atoms with Gasteiger partial charge in [-0.2, -0.15) is 0 Å². The van der Waals surface area contributed by atoms with Crippen LogP contribution in [0.2, 0.25) is 0 Å². The van der Waals surface area contributed by atoms with Gasteiger partial charge in [0.2, 0.25) is 5.91 Å². The molecule has 0 aliphatic carbocycles. The second-order valence-electron chi connectivity index (χ2n) is 4.90. The number of nitro groups is 1. The van der Waals surface area contributed by atoms with E-state index in [1.807, 2.05) is 20.8 Å². The second-order valence-corrected chi connectivity index (χ2v) is 4.90. The Balaban J connectivity index is 2.64. The maximum atomic E-state index is 11.6. The van der Waals surface area contributed by atoms with Crippen LogP contribution in [0.4, 0.5) is 5.69 Å². The van der Waals surface area contributed by atoms with Crippen LogP contribution in [0.15, 0.2) is 24.3 Å². The van der Waals surface area contributed by atoms with Crippen molar-refractivity contribution in [3.8, 4) is 0 Å². The molecule has 5 nitrogen and oxygen atoms in total. The van der Waals surface area contributed by atoms with Crippen molar-refractivity contribution in [1.29, 1.82) is 0 Å². The van der Waals surface area contributed by atoms with Gasteiger partial charge < -0.3 is 5.32 Å². The van der Waals surface area contributed by atoms with Crippen molar-refractivity contribution >= 4 is 11.6 Å². The van der Waals surface area contributed by atoms with Crippen LogP contribution in [0, 0.1) is 10.1 Å². The van der Waals surface area contributed by atoms with Crippen molar-refractivity contribution in [3.63, 3.8) is 0 Å². The Morgan fingerprint density at radius 3 is 2.24 bits per heavy atom. The first-order valence-corrected chi connectivity index (χ1v) is 5.32. The molecule has 0 fully saturated rings. The lowest BCUT2D eigenvalue weighted by Crippen LogP contribution is -2.41. The van der Waals surface area contributed by atoms with Crippen LogP contribution in [-0.4, -0.2) is 16.4 Å². The van der Waals surface area contributed by atoms with E-state index in [1.54, 1.807) is 12.1 Å². The molecule has 1 rings (SSSR count). The number of benzene rings is 1. The van der Waals surface area contributed by atoms with Crippen molar-refractivity contribution in [3.05, 3.63) is 39.9 Å². The number of carbonyl (C=O) groups is 1. The Labute approximate surface area is 100.0 Å². The number of nitrogens with zero attached hydrogens (tertiary/aromatic N) is 1. The minimum atomic E-state index is -0.459. The van der Waals surface area contributed by atoms with E-state index >= 15 is 0 Å². The van der Waals surface area contributed by atoms with Crippen molar-refractivity contribution in [2.45, 2.75) is 32.7 Å². The molecule has 0 saturated heterocycles. The van der Waals surface area contributed by atoms with Crippen LogP contribution in [0.5, 0.6) is 0 Å². The van der Waals surface area contributed by atoms with Gasteiger partial charge in [-0.3, -0.25) is 14.9 Å². The molecule has 0 aromatic heterocycles. The van der Waals surface area contributed by atoms with E-state index in [4.69, 9.17) is 0 Å². The highest BCUT2D eigenvalue weighted by Gasteiger charge is 2.14. The number of nitro benzene ring substituents is 1. The van der Waals surface area contributed by atoms with Crippen LogP contribution in [-0.2, 0) is 11.2 Å². The third-order valence-electron chi connectivity index (χ3n) is 2.03. The largest absolute Gasteiger partial charge is 0.351 e.